The van der Waals surface area contributed by atoms with Crippen molar-refractivity contribution < 1.29 is 28.6 Å². The van der Waals surface area contributed by atoms with Gasteiger partial charge in [-0.2, -0.15) is 0 Å². The number of carbonyl (C=O) groups is 3. The maximum atomic E-state index is 11.5. The Morgan fingerprint density at radius 3 is 2.40 bits per heavy atom. The smallest absolute Gasteiger partial charge is 0.307 e. The lowest BCUT2D eigenvalue weighted by Gasteiger charge is -2.26. The van der Waals surface area contributed by atoms with E-state index in [2.05, 4.69) is 10.1 Å². The highest BCUT2D eigenvalue weighted by Gasteiger charge is 2.16. The Balaban J connectivity index is 3.04. The van der Waals surface area contributed by atoms with Crippen LogP contribution in [0.2, 0.25) is 0 Å². The molecule has 0 unspecified atom stereocenters. The maximum Gasteiger partial charge on any atom is 0.307 e. The van der Waals surface area contributed by atoms with Gasteiger partial charge in [-0.15, -0.1) is 0 Å². The lowest BCUT2D eigenvalue weighted by molar-refractivity contribution is -0.141. The van der Waals surface area contributed by atoms with Crippen LogP contribution in [0, 0.1) is 0 Å². The Morgan fingerprint density at radius 2 is 1.84 bits per heavy atom. The molecule has 1 amide bonds. The van der Waals surface area contributed by atoms with Crippen molar-refractivity contribution in [3.05, 3.63) is 18.2 Å². The van der Waals surface area contributed by atoms with Crippen LogP contribution in [0.1, 0.15) is 20.3 Å². The summed E-state index contributed by atoms with van der Waals surface area (Å²) in [5, 5.41) is 2.70. The summed E-state index contributed by atoms with van der Waals surface area (Å²) in [5.74, 6) is -0.361. The number of carbonyl (C=O) groups excluding carboxylic acids is 3. The van der Waals surface area contributed by atoms with Crippen molar-refractivity contribution in [2.75, 3.05) is 44.1 Å². The lowest BCUT2D eigenvalue weighted by Crippen LogP contribution is -2.31. The van der Waals surface area contributed by atoms with E-state index in [0.717, 1.165) is 0 Å². The number of ether oxygens (including phenoxy) is 3. The van der Waals surface area contributed by atoms with Crippen LogP contribution >= 0.6 is 0 Å². The molecular formula is C17H24N2O6. The van der Waals surface area contributed by atoms with Gasteiger partial charge in [0.25, 0.3) is 0 Å². The minimum Gasteiger partial charge on any atom is -0.495 e. The van der Waals surface area contributed by atoms with Gasteiger partial charge in [0, 0.05) is 26.1 Å². The zero-order chi connectivity index (χ0) is 18.8. The van der Waals surface area contributed by atoms with Gasteiger partial charge in [0.2, 0.25) is 5.91 Å². The third-order valence-corrected chi connectivity index (χ3v) is 3.32. The number of benzene rings is 1. The van der Waals surface area contributed by atoms with Crippen molar-refractivity contribution in [1.29, 1.82) is 0 Å². The van der Waals surface area contributed by atoms with E-state index in [1.807, 2.05) is 4.90 Å². The fraction of sp³-hybridized carbons (Fsp3) is 0.471. The minimum absolute atomic E-state index is 0.157. The van der Waals surface area contributed by atoms with Gasteiger partial charge in [-0.25, -0.2) is 0 Å². The van der Waals surface area contributed by atoms with E-state index >= 15 is 0 Å². The zero-order valence-corrected chi connectivity index (χ0v) is 15.0. The van der Waals surface area contributed by atoms with Crippen LogP contribution in [0.4, 0.5) is 11.4 Å². The second kappa shape index (κ2) is 10.2. The predicted molar refractivity (Wildman–Crippen MR) is 92.8 cm³/mol. The minimum atomic E-state index is -0.383. The second-order valence-electron chi connectivity index (χ2n) is 5.22. The summed E-state index contributed by atoms with van der Waals surface area (Å²) in [4.78, 5) is 35.6. The van der Waals surface area contributed by atoms with Crippen LogP contribution in [-0.2, 0) is 23.9 Å². The number of methoxy groups -OCH3 is 2. The molecule has 0 aliphatic carbocycles. The molecule has 1 rings (SSSR count). The van der Waals surface area contributed by atoms with Gasteiger partial charge in [0.1, 0.15) is 12.4 Å². The standard InChI is InChI=1S/C17H24N2O6/c1-12(20)18-14-5-6-16(23-3)15(11-14)19(8-7-17(22)24-4)9-10-25-13(2)21/h5-6,11H,7-10H2,1-4H3,(H,18,20). The summed E-state index contributed by atoms with van der Waals surface area (Å²) in [6.07, 6.45) is 0.157. The average molecular weight is 352 g/mol. The van der Waals surface area contributed by atoms with Crippen LogP contribution in [0.3, 0.4) is 0 Å². The quantitative estimate of drug-likeness (QED) is 0.674. The van der Waals surface area contributed by atoms with Crippen LogP contribution < -0.4 is 15.0 Å². The molecule has 0 bridgehead atoms. The van der Waals surface area contributed by atoms with Gasteiger partial charge in [-0.1, -0.05) is 0 Å². The van der Waals surface area contributed by atoms with Gasteiger partial charge < -0.3 is 24.4 Å². The molecule has 8 heteroatoms. The normalized spacial score (nSPS) is 9.92. The number of amides is 1. The van der Waals surface area contributed by atoms with Crippen molar-refractivity contribution in [3.8, 4) is 5.75 Å². The summed E-state index contributed by atoms with van der Waals surface area (Å²) in [7, 11) is 2.85. The van der Waals surface area contributed by atoms with Gasteiger partial charge in [-0.3, -0.25) is 14.4 Å². The predicted octanol–water partition coefficient (Wildman–Crippen LogP) is 1.59. The van der Waals surface area contributed by atoms with Crippen LogP contribution in [0.25, 0.3) is 0 Å². The highest BCUT2D eigenvalue weighted by atomic mass is 16.5. The molecule has 8 nitrogen and oxygen atoms in total. The van der Waals surface area contributed by atoms with Gasteiger partial charge >= 0.3 is 11.9 Å². The summed E-state index contributed by atoms with van der Waals surface area (Å²) in [6, 6.07) is 5.18. The summed E-state index contributed by atoms with van der Waals surface area (Å²) in [5.41, 5.74) is 1.27. The molecule has 25 heavy (non-hydrogen) atoms. The first kappa shape index (κ1) is 20.3. The zero-order valence-electron chi connectivity index (χ0n) is 15.0. The van der Waals surface area contributed by atoms with Crippen LogP contribution in [-0.4, -0.2) is 51.8 Å². The van der Waals surface area contributed by atoms with E-state index < -0.39 is 0 Å². The first-order valence-corrected chi connectivity index (χ1v) is 7.78. The number of rotatable bonds is 9. The molecule has 0 saturated carbocycles. The van der Waals surface area contributed by atoms with E-state index in [1.54, 1.807) is 18.2 Å². The molecule has 0 aliphatic rings. The first-order chi connectivity index (χ1) is 11.9. The molecule has 1 aromatic carbocycles. The molecule has 0 fully saturated rings. The topological polar surface area (TPSA) is 94.2 Å². The van der Waals surface area contributed by atoms with E-state index in [0.29, 0.717) is 30.2 Å². The largest absolute Gasteiger partial charge is 0.495 e. The second-order valence-corrected chi connectivity index (χ2v) is 5.22. The van der Waals surface area contributed by atoms with E-state index in [-0.39, 0.29) is 30.9 Å². The molecule has 0 saturated heterocycles. The number of esters is 2. The number of hydrogen-bond donors (Lipinski definition) is 1. The molecule has 0 radical (unpaired) electrons. The SMILES string of the molecule is COC(=O)CCN(CCOC(C)=O)c1cc(NC(C)=O)ccc1OC. The van der Waals surface area contributed by atoms with Gasteiger partial charge in [0.05, 0.1) is 32.9 Å². The average Bonchev–Trinajstić information content (AvgIpc) is 2.56. The summed E-state index contributed by atoms with van der Waals surface area (Å²) in [6.45, 7) is 3.60. The molecule has 138 valence electrons. The van der Waals surface area contributed by atoms with Crippen molar-refractivity contribution in [2.45, 2.75) is 20.3 Å². The molecule has 0 spiro atoms. The van der Waals surface area contributed by atoms with Gasteiger partial charge in [-0.05, 0) is 18.2 Å². The Labute approximate surface area is 147 Å². The molecule has 0 heterocycles. The van der Waals surface area contributed by atoms with E-state index in [9.17, 15) is 14.4 Å². The molecule has 0 aliphatic heterocycles. The maximum absolute atomic E-state index is 11.5. The van der Waals surface area contributed by atoms with Crippen molar-refractivity contribution in [2.24, 2.45) is 0 Å². The number of anilines is 2. The fourth-order valence-electron chi connectivity index (χ4n) is 2.20. The summed E-state index contributed by atoms with van der Waals surface area (Å²) >= 11 is 0. The van der Waals surface area contributed by atoms with Crippen molar-refractivity contribution >= 4 is 29.2 Å². The monoisotopic (exact) mass is 352 g/mol. The Morgan fingerprint density at radius 1 is 1.12 bits per heavy atom. The highest BCUT2D eigenvalue weighted by molar-refractivity contribution is 5.89. The Bertz CT molecular complexity index is 617. The number of nitrogens with zero attached hydrogens (tertiary/aromatic N) is 1. The Hall–Kier alpha value is -2.77. The molecular weight excluding hydrogens is 328 g/mol. The first-order valence-electron chi connectivity index (χ1n) is 7.78. The van der Waals surface area contributed by atoms with E-state index in [1.165, 1.54) is 28.1 Å². The van der Waals surface area contributed by atoms with E-state index in [4.69, 9.17) is 9.47 Å². The highest BCUT2D eigenvalue weighted by Crippen LogP contribution is 2.31. The van der Waals surface area contributed by atoms with Crippen molar-refractivity contribution in [1.82, 2.24) is 0 Å². The summed E-state index contributed by atoms with van der Waals surface area (Å²) < 4.78 is 15.0. The molecule has 1 N–H and O–H groups in total. The van der Waals surface area contributed by atoms with Crippen LogP contribution in [0.15, 0.2) is 18.2 Å². The van der Waals surface area contributed by atoms with Crippen molar-refractivity contribution in [3.63, 3.8) is 0 Å². The molecule has 1 aromatic rings. The molecule has 0 aromatic heterocycles. The van der Waals surface area contributed by atoms with Crippen LogP contribution in [0.5, 0.6) is 5.75 Å². The third kappa shape index (κ3) is 7.11. The van der Waals surface area contributed by atoms with Gasteiger partial charge in [0.15, 0.2) is 0 Å². The lowest BCUT2D eigenvalue weighted by atomic mass is 10.2. The molecule has 0 atom stereocenters. The number of hydrogen-bond acceptors (Lipinski definition) is 7. The number of nitrogens with one attached hydrogen (secondary N) is 1. The Kier molecular flexibility index (Phi) is 8.25. The fourth-order valence-corrected chi connectivity index (χ4v) is 2.20. The third-order valence-electron chi connectivity index (χ3n) is 3.32.